The molecule has 1 rings (SSSR count). The number of nitrogens with zero attached hydrogens (tertiary/aromatic N) is 1. The number of anilines is 1. The molecule has 4 heteroatoms. The molecular formula is C13H21ClN2O. The van der Waals surface area contributed by atoms with Gasteiger partial charge in [0, 0.05) is 12.2 Å². The Balaban J connectivity index is 0.00000256. The predicted octanol–water partition coefficient (Wildman–Crippen LogP) is 2.59. The van der Waals surface area contributed by atoms with E-state index in [9.17, 15) is 4.79 Å². The zero-order chi connectivity index (χ0) is 12.0. The van der Waals surface area contributed by atoms with Gasteiger partial charge in [-0.15, -0.1) is 12.4 Å². The summed E-state index contributed by atoms with van der Waals surface area (Å²) < 4.78 is 0. The van der Waals surface area contributed by atoms with Crippen LogP contribution in [0.25, 0.3) is 0 Å². The highest BCUT2D eigenvalue weighted by atomic mass is 35.5. The van der Waals surface area contributed by atoms with E-state index < -0.39 is 6.04 Å². The second-order valence-corrected chi connectivity index (χ2v) is 3.97. The van der Waals surface area contributed by atoms with E-state index in [0.29, 0.717) is 0 Å². The Morgan fingerprint density at radius 1 is 1.35 bits per heavy atom. The van der Waals surface area contributed by atoms with Gasteiger partial charge in [0.2, 0.25) is 5.91 Å². The number of hydrogen-bond acceptors (Lipinski definition) is 2. The molecule has 0 saturated carbocycles. The summed E-state index contributed by atoms with van der Waals surface area (Å²) in [6, 6.07) is 9.24. The van der Waals surface area contributed by atoms with Crippen LogP contribution in [0.4, 0.5) is 5.69 Å². The van der Waals surface area contributed by atoms with E-state index in [2.05, 4.69) is 6.92 Å². The lowest BCUT2D eigenvalue weighted by atomic mass is 10.2. The lowest BCUT2D eigenvalue weighted by Crippen LogP contribution is -2.42. The average Bonchev–Trinajstić information content (AvgIpc) is 2.30. The van der Waals surface area contributed by atoms with Gasteiger partial charge >= 0.3 is 0 Å². The van der Waals surface area contributed by atoms with Gasteiger partial charge in [-0.25, -0.2) is 0 Å². The predicted molar refractivity (Wildman–Crippen MR) is 74.6 cm³/mol. The molecule has 0 fully saturated rings. The van der Waals surface area contributed by atoms with Crippen LogP contribution in [0.1, 0.15) is 26.7 Å². The topological polar surface area (TPSA) is 46.3 Å². The fourth-order valence-corrected chi connectivity index (χ4v) is 1.54. The van der Waals surface area contributed by atoms with Crippen LogP contribution >= 0.6 is 12.4 Å². The first-order chi connectivity index (χ1) is 7.66. The molecule has 17 heavy (non-hydrogen) atoms. The van der Waals surface area contributed by atoms with E-state index in [1.54, 1.807) is 11.8 Å². The fraction of sp³-hybridized carbons (Fsp3) is 0.462. The molecule has 0 aliphatic heterocycles. The Hall–Kier alpha value is -1.06. The molecule has 96 valence electrons. The Bertz CT molecular complexity index is 327. The highest BCUT2D eigenvalue weighted by molar-refractivity contribution is 5.96. The van der Waals surface area contributed by atoms with Crippen LogP contribution in [0.2, 0.25) is 0 Å². The number of halogens is 1. The van der Waals surface area contributed by atoms with Crippen molar-refractivity contribution in [2.24, 2.45) is 5.73 Å². The summed E-state index contributed by atoms with van der Waals surface area (Å²) in [5.41, 5.74) is 6.58. The smallest absolute Gasteiger partial charge is 0.243 e. The van der Waals surface area contributed by atoms with Crippen molar-refractivity contribution in [1.82, 2.24) is 0 Å². The van der Waals surface area contributed by atoms with Gasteiger partial charge in [0.25, 0.3) is 0 Å². The minimum Gasteiger partial charge on any atom is -0.320 e. The molecule has 0 spiro atoms. The number of rotatable bonds is 5. The maximum absolute atomic E-state index is 12.0. The van der Waals surface area contributed by atoms with Crippen LogP contribution in [0.3, 0.4) is 0 Å². The fourth-order valence-electron chi connectivity index (χ4n) is 1.54. The van der Waals surface area contributed by atoms with Gasteiger partial charge in [0.05, 0.1) is 6.04 Å². The highest BCUT2D eigenvalue weighted by Crippen LogP contribution is 2.15. The molecule has 0 heterocycles. The Morgan fingerprint density at radius 2 is 1.94 bits per heavy atom. The molecule has 0 unspecified atom stereocenters. The summed E-state index contributed by atoms with van der Waals surface area (Å²) in [6.07, 6.45) is 2.06. The number of unbranched alkanes of at least 4 members (excludes halogenated alkanes) is 1. The normalized spacial score (nSPS) is 11.5. The van der Waals surface area contributed by atoms with Crippen molar-refractivity contribution in [1.29, 1.82) is 0 Å². The molecule has 1 amide bonds. The van der Waals surface area contributed by atoms with E-state index in [4.69, 9.17) is 5.73 Å². The summed E-state index contributed by atoms with van der Waals surface area (Å²) in [6.45, 7) is 4.57. The van der Waals surface area contributed by atoms with Crippen LogP contribution in [0, 0.1) is 0 Å². The van der Waals surface area contributed by atoms with Gasteiger partial charge in [-0.1, -0.05) is 31.5 Å². The minimum atomic E-state index is -0.447. The van der Waals surface area contributed by atoms with Crippen LogP contribution in [-0.2, 0) is 4.79 Å². The van der Waals surface area contributed by atoms with E-state index >= 15 is 0 Å². The van der Waals surface area contributed by atoms with Crippen molar-refractivity contribution < 1.29 is 4.79 Å². The first-order valence-corrected chi connectivity index (χ1v) is 5.78. The molecule has 0 radical (unpaired) electrons. The van der Waals surface area contributed by atoms with Crippen LogP contribution in [0.5, 0.6) is 0 Å². The van der Waals surface area contributed by atoms with E-state index in [-0.39, 0.29) is 18.3 Å². The third-order valence-electron chi connectivity index (χ3n) is 2.46. The number of amides is 1. The zero-order valence-electron chi connectivity index (χ0n) is 10.4. The maximum atomic E-state index is 12.0. The third-order valence-corrected chi connectivity index (χ3v) is 2.46. The molecule has 1 atom stereocenters. The minimum absolute atomic E-state index is 0. The first kappa shape index (κ1) is 15.9. The van der Waals surface area contributed by atoms with E-state index in [0.717, 1.165) is 25.1 Å². The van der Waals surface area contributed by atoms with E-state index in [1.165, 1.54) is 0 Å². The van der Waals surface area contributed by atoms with Gasteiger partial charge in [-0.2, -0.15) is 0 Å². The second-order valence-electron chi connectivity index (χ2n) is 3.97. The number of nitrogens with two attached hydrogens (primary N) is 1. The van der Waals surface area contributed by atoms with Gasteiger partial charge in [-0.05, 0) is 25.5 Å². The Kier molecular flexibility index (Phi) is 7.59. The Morgan fingerprint density at radius 3 is 2.41 bits per heavy atom. The van der Waals surface area contributed by atoms with Crippen molar-refractivity contribution in [3.05, 3.63) is 30.3 Å². The van der Waals surface area contributed by atoms with Crippen LogP contribution in [0.15, 0.2) is 30.3 Å². The monoisotopic (exact) mass is 256 g/mol. The van der Waals surface area contributed by atoms with Gasteiger partial charge < -0.3 is 10.6 Å². The van der Waals surface area contributed by atoms with Crippen molar-refractivity contribution in [3.8, 4) is 0 Å². The number of para-hydroxylation sites is 1. The zero-order valence-corrected chi connectivity index (χ0v) is 11.2. The van der Waals surface area contributed by atoms with Crippen LogP contribution in [-0.4, -0.2) is 18.5 Å². The number of carbonyl (C=O) groups excluding carboxylic acids is 1. The molecule has 0 aromatic heterocycles. The SMILES string of the molecule is CCCCN(C(=O)[C@@H](C)N)c1ccccc1.Cl. The van der Waals surface area contributed by atoms with Gasteiger partial charge in [0.15, 0.2) is 0 Å². The number of carbonyl (C=O) groups is 1. The largest absolute Gasteiger partial charge is 0.320 e. The molecule has 2 N–H and O–H groups in total. The summed E-state index contributed by atoms with van der Waals surface area (Å²) >= 11 is 0. The molecule has 0 bridgehead atoms. The summed E-state index contributed by atoms with van der Waals surface area (Å²) in [7, 11) is 0. The lowest BCUT2D eigenvalue weighted by Gasteiger charge is -2.24. The summed E-state index contributed by atoms with van der Waals surface area (Å²) in [5.74, 6) is -0.0142. The molecular weight excluding hydrogens is 236 g/mol. The molecule has 1 aromatic rings. The summed E-state index contributed by atoms with van der Waals surface area (Å²) in [4.78, 5) is 13.7. The molecule has 0 aliphatic carbocycles. The van der Waals surface area contributed by atoms with Crippen molar-refractivity contribution in [2.45, 2.75) is 32.7 Å². The molecule has 3 nitrogen and oxygen atoms in total. The summed E-state index contributed by atoms with van der Waals surface area (Å²) in [5, 5.41) is 0. The van der Waals surface area contributed by atoms with Crippen molar-refractivity contribution >= 4 is 24.0 Å². The number of hydrogen-bond donors (Lipinski definition) is 1. The standard InChI is InChI=1S/C13H20N2O.ClH/c1-3-4-10-15(13(16)11(2)14)12-8-6-5-7-9-12;/h5-9,11H,3-4,10,14H2,1-2H3;1H/t11-;/m1./s1. The van der Waals surface area contributed by atoms with Crippen molar-refractivity contribution in [2.75, 3.05) is 11.4 Å². The third kappa shape index (κ3) is 4.75. The van der Waals surface area contributed by atoms with E-state index in [1.807, 2.05) is 30.3 Å². The van der Waals surface area contributed by atoms with Gasteiger partial charge in [0.1, 0.15) is 0 Å². The Labute approximate surface area is 109 Å². The van der Waals surface area contributed by atoms with Crippen molar-refractivity contribution in [3.63, 3.8) is 0 Å². The van der Waals surface area contributed by atoms with Gasteiger partial charge in [-0.3, -0.25) is 4.79 Å². The first-order valence-electron chi connectivity index (χ1n) is 5.78. The lowest BCUT2D eigenvalue weighted by molar-refractivity contribution is -0.119. The molecule has 0 saturated heterocycles. The quantitative estimate of drug-likeness (QED) is 0.880. The maximum Gasteiger partial charge on any atom is 0.243 e. The number of benzene rings is 1. The average molecular weight is 257 g/mol. The highest BCUT2D eigenvalue weighted by Gasteiger charge is 2.18. The second kappa shape index (κ2) is 8.09. The van der Waals surface area contributed by atoms with Crippen LogP contribution < -0.4 is 10.6 Å². The molecule has 0 aliphatic rings. The molecule has 1 aromatic carbocycles.